The summed E-state index contributed by atoms with van der Waals surface area (Å²) in [5.41, 5.74) is -2.60. The third-order valence-corrected chi connectivity index (χ3v) is 9.00. The van der Waals surface area contributed by atoms with E-state index in [1.165, 1.54) is 13.1 Å². The first-order valence-electron chi connectivity index (χ1n) is 13.4. The van der Waals surface area contributed by atoms with Crippen molar-refractivity contribution in [1.82, 2.24) is 4.98 Å². The minimum atomic E-state index is -1.37. The van der Waals surface area contributed by atoms with E-state index in [-0.39, 0.29) is 24.0 Å². The first kappa shape index (κ1) is 27.3. The minimum absolute atomic E-state index is 0.0731. The maximum Gasteiger partial charge on any atom is 0.339 e. The number of nitrogens with zero attached hydrogens (tertiary/aromatic N) is 1. The normalized spacial score (nSPS) is 34.4. The van der Waals surface area contributed by atoms with Crippen molar-refractivity contribution in [3.63, 3.8) is 0 Å². The second kappa shape index (κ2) is 10.0. The molecule has 3 fully saturated rings. The summed E-state index contributed by atoms with van der Waals surface area (Å²) < 4.78 is 24.9. The van der Waals surface area contributed by atoms with E-state index >= 15 is 0 Å². The highest BCUT2D eigenvalue weighted by molar-refractivity contribution is 5.90. The van der Waals surface area contributed by atoms with Gasteiger partial charge in [-0.05, 0) is 63.3 Å². The Kier molecular flexibility index (Phi) is 7.01. The smallest absolute Gasteiger partial charge is 0.339 e. The molecule has 2 aromatic rings. The van der Waals surface area contributed by atoms with E-state index in [9.17, 15) is 19.5 Å². The molecule has 1 aromatic heterocycles. The molecule has 5 rings (SSSR count). The fraction of sp³-hybridized carbons (Fsp3) is 0.533. The van der Waals surface area contributed by atoms with Crippen LogP contribution in [0.1, 0.15) is 67.7 Å². The number of aliphatic hydroxyl groups excluding tert-OH is 1. The molecule has 0 amide bonds. The van der Waals surface area contributed by atoms with Crippen molar-refractivity contribution >= 4 is 17.9 Å². The number of fused-ring (bicyclic) bond motifs is 1. The Morgan fingerprint density at radius 2 is 1.74 bits per heavy atom. The number of carbonyl (C=O) groups is 3. The van der Waals surface area contributed by atoms with Gasteiger partial charge >= 0.3 is 17.9 Å². The molecule has 39 heavy (non-hydrogen) atoms. The molecule has 9 heteroatoms. The van der Waals surface area contributed by atoms with Gasteiger partial charge in [0.1, 0.15) is 24.2 Å². The first-order chi connectivity index (χ1) is 18.5. The summed E-state index contributed by atoms with van der Waals surface area (Å²) in [7, 11) is 0. The minimum Gasteiger partial charge on any atom is -0.462 e. The summed E-state index contributed by atoms with van der Waals surface area (Å²) in [4.78, 5) is 43.0. The summed E-state index contributed by atoms with van der Waals surface area (Å²) in [5, 5.41) is 11.9. The van der Waals surface area contributed by atoms with Crippen LogP contribution < -0.4 is 0 Å². The van der Waals surface area contributed by atoms with Crippen LogP contribution in [0.3, 0.4) is 0 Å². The molecule has 2 saturated carbocycles. The maximum atomic E-state index is 13.4. The monoisotopic (exact) mass is 537 g/mol. The number of hydrogen-bond donors (Lipinski definition) is 1. The molecule has 3 aliphatic rings. The Morgan fingerprint density at radius 3 is 2.41 bits per heavy atom. The summed E-state index contributed by atoms with van der Waals surface area (Å²) in [5.74, 6) is -2.23. The van der Waals surface area contributed by atoms with Crippen LogP contribution in [-0.2, 0) is 23.7 Å². The summed E-state index contributed by atoms with van der Waals surface area (Å²) in [6, 6.07) is 11.7. The van der Waals surface area contributed by atoms with Gasteiger partial charge in [-0.1, -0.05) is 25.1 Å². The van der Waals surface area contributed by atoms with E-state index in [1.807, 2.05) is 20.8 Å². The average Bonchev–Trinajstić information content (AvgIpc) is 3.19. The van der Waals surface area contributed by atoms with E-state index in [4.69, 9.17) is 18.9 Å². The zero-order chi connectivity index (χ0) is 28.0. The Labute approximate surface area is 227 Å². The van der Waals surface area contributed by atoms with E-state index in [0.29, 0.717) is 24.8 Å². The second-order valence-electron chi connectivity index (χ2n) is 11.5. The largest absolute Gasteiger partial charge is 0.462 e. The van der Waals surface area contributed by atoms with Crippen LogP contribution in [-0.4, -0.2) is 64.1 Å². The van der Waals surface area contributed by atoms with Gasteiger partial charge in [-0.25, -0.2) is 9.59 Å². The first-order valence-corrected chi connectivity index (χ1v) is 13.4. The molecule has 208 valence electrons. The van der Waals surface area contributed by atoms with Gasteiger partial charge in [0.15, 0.2) is 0 Å². The number of benzene rings is 1. The zero-order valence-corrected chi connectivity index (χ0v) is 22.7. The lowest BCUT2D eigenvalue weighted by atomic mass is 9.49. The standard InChI is InChI=1S/C30H35NO8/c1-18-12-13-23(37-19(2)32)29(17-36-26(34)21-11-8-14-31-16-21)25(38-27(35)20-9-6-5-7-10-20)24(33)22-15-30(18,29)39-28(22,3)4/h5-11,14,16,18,22-25,33H,12-13,15,17H2,1-4H3/t18-,22+,23+,24+,25-,29+,30+/m1/s1. The van der Waals surface area contributed by atoms with Gasteiger partial charge in [-0.2, -0.15) is 0 Å². The average molecular weight is 538 g/mol. The van der Waals surface area contributed by atoms with Crippen molar-refractivity contribution in [3.8, 4) is 0 Å². The molecule has 1 saturated heterocycles. The molecular weight excluding hydrogens is 502 g/mol. The Hall–Kier alpha value is -3.30. The lowest BCUT2D eigenvalue weighted by molar-refractivity contribution is -0.285. The summed E-state index contributed by atoms with van der Waals surface area (Å²) in [6.45, 7) is 6.88. The molecule has 7 atom stereocenters. The third-order valence-electron chi connectivity index (χ3n) is 9.00. The van der Waals surface area contributed by atoms with Crippen LogP contribution in [0.15, 0.2) is 54.9 Å². The van der Waals surface area contributed by atoms with Crippen LogP contribution in [0.5, 0.6) is 0 Å². The molecule has 2 aliphatic carbocycles. The summed E-state index contributed by atoms with van der Waals surface area (Å²) in [6.07, 6.45) is 1.30. The van der Waals surface area contributed by atoms with Crippen LogP contribution in [0.4, 0.5) is 0 Å². The third kappa shape index (κ3) is 4.41. The molecular formula is C30H35NO8. The highest BCUT2D eigenvalue weighted by atomic mass is 16.6. The van der Waals surface area contributed by atoms with E-state index in [0.717, 1.165) is 0 Å². The molecule has 2 heterocycles. The Balaban J connectivity index is 1.64. The molecule has 1 aromatic carbocycles. The van der Waals surface area contributed by atoms with Crippen LogP contribution >= 0.6 is 0 Å². The highest BCUT2D eigenvalue weighted by Gasteiger charge is 2.78. The number of hydrogen-bond acceptors (Lipinski definition) is 9. The van der Waals surface area contributed by atoms with Crippen LogP contribution in [0.2, 0.25) is 0 Å². The molecule has 0 unspecified atom stereocenters. The van der Waals surface area contributed by atoms with E-state index < -0.39 is 52.8 Å². The van der Waals surface area contributed by atoms with Crippen molar-refractivity contribution in [2.24, 2.45) is 17.3 Å². The van der Waals surface area contributed by atoms with Crippen molar-refractivity contribution in [1.29, 1.82) is 0 Å². The topological polar surface area (TPSA) is 121 Å². The molecule has 0 radical (unpaired) electrons. The maximum absolute atomic E-state index is 13.4. The number of aliphatic hydroxyl groups is 1. The van der Waals surface area contributed by atoms with Crippen LogP contribution in [0.25, 0.3) is 0 Å². The van der Waals surface area contributed by atoms with Gasteiger partial charge in [0, 0.05) is 25.2 Å². The predicted octanol–water partition coefficient (Wildman–Crippen LogP) is 3.74. The number of esters is 3. The van der Waals surface area contributed by atoms with Gasteiger partial charge in [-0.3, -0.25) is 9.78 Å². The van der Waals surface area contributed by atoms with Gasteiger partial charge in [-0.15, -0.1) is 0 Å². The predicted molar refractivity (Wildman–Crippen MR) is 139 cm³/mol. The SMILES string of the molecule is CC(=O)O[C@H]1CC[C@@H](C)[C@@]23C[C@@H]([C@H](O)[C@@H](OC(=O)c4ccccc4)[C@]12COC(=O)c1cccnc1)C(C)(C)O3. The number of aromatic nitrogens is 1. The zero-order valence-electron chi connectivity index (χ0n) is 22.7. The van der Waals surface area contributed by atoms with Crippen LogP contribution in [0, 0.1) is 17.3 Å². The molecule has 1 N–H and O–H groups in total. The Bertz CT molecular complexity index is 1230. The molecule has 2 bridgehead atoms. The van der Waals surface area contributed by atoms with Crippen molar-refractivity contribution in [3.05, 3.63) is 66.0 Å². The number of carbonyl (C=O) groups excluding carboxylic acids is 3. The molecule has 1 aliphatic heterocycles. The molecule has 1 spiro atoms. The van der Waals surface area contributed by atoms with Crippen molar-refractivity contribution in [2.75, 3.05) is 6.61 Å². The lowest BCUT2D eigenvalue weighted by Crippen LogP contribution is -2.74. The van der Waals surface area contributed by atoms with Crippen molar-refractivity contribution in [2.45, 2.75) is 76.5 Å². The van der Waals surface area contributed by atoms with Crippen molar-refractivity contribution < 1.29 is 38.4 Å². The fourth-order valence-electron chi connectivity index (χ4n) is 7.19. The second-order valence-corrected chi connectivity index (χ2v) is 11.5. The van der Waals surface area contributed by atoms with Gasteiger partial charge in [0.2, 0.25) is 0 Å². The lowest BCUT2D eigenvalue weighted by Gasteiger charge is -2.61. The van der Waals surface area contributed by atoms with Gasteiger partial charge < -0.3 is 24.1 Å². The number of rotatable bonds is 6. The van der Waals surface area contributed by atoms with Gasteiger partial charge in [0.05, 0.1) is 28.4 Å². The van der Waals surface area contributed by atoms with Gasteiger partial charge in [0.25, 0.3) is 0 Å². The number of ether oxygens (including phenoxy) is 4. The Morgan fingerprint density at radius 1 is 1.03 bits per heavy atom. The summed E-state index contributed by atoms with van der Waals surface area (Å²) >= 11 is 0. The van der Waals surface area contributed by atoms with E-state index in [2.05, 4.69) is 4.98 Å². The molecule has 9 nitrogen and oxygen atoms in total. The quantitative estimate of drug-likeness (QED) is 0.434. The number of pyridine rings is 1. The fourth-order valence-corrected chi connectivity index (χ4v) is 7.19. The highest BCUT2D eigenvalue weighted by Crippen LogP contribution is 2.67. The van der Waals surface area contributed by atoms with E-state index in [1.54, 1.807) is 48.7 Å².